The first-order chi connectivity index (χ1) is 9.56. The van der Waals surface area contributed by atoms with Gasteiger partial charge in [0.1, 0.15) is 0 Å². The Kier molecular flexibility index (Phi) is 4.74. The van der Waals surface area contributed by atoms with Gasteiger partial charge in [0.05, 0.1) is 19.3 Å². The second kappa shape index (κ2) is 6.52. The summed E-state index contributed by atoms with van der Waals surface area (Å²) in [5.41, 5.74) is 1.64. The molecule has 1 heterocycles. The molecule has 1 saturated heterocycles. The highest BCUT2D eigenvalue weighted by molar-refractivity contribution is 5.97. The maximum Gasteiger partial charge on any atom is 0.254 e. The summed E-state index contributed by atoms with van der Waals surface area (Å²) in [4.78, 5) is 25.1. The SMILES string of the molecule is CC(C)OCc1ccc(C(=O)N2CCNC(=O)C2)cc1. The van der Waals surface area contributed by atoms with Gasteiger partial charge in [-0.25, -0.2) is 0 Å². The summed E-state index contributed by atoms with van der Waals surface area (Å²) < 4.78 is 5.51. The van der Waals surface area contributed by atoms with Crippen molar-refractivity contribution in [3.63, 3.8) is 0 Å². The molecule has 1 aromatic rings. The molecule has 0 spiro atoms. The molecule has 108 valence electrons. The zero-order valence-corrected chi connectivity index (χ0v) is 11.9. The fourth-order valence-electron chi connectivity index (χ4n) is 2.00. The average Bonchev–Trinajstić information content (AvgIpc) is 2.45. The van der Waals surface area contributed by atoms with Gasteiger partial charge in [-0.2, -0.15) is 0 Å². The lowest BCUT2D eigenvalue weighted by Crippen LogP contribution is -2.49. The standard InChI is InChI=1S/C15H20N2O3/c1-11(2)20-10-12-3-5-13(6-4-12)15(19)17-8-7-16-14(18)9-17/h3-6,11H,7-10H2,1-2H3,(H,16,18). The lowest BCUT2D eigenvalue weighted by molar-refractivity contribution is -0.123. The van der Waals surface area contributed by atoms with Crippen molar-refractivity contribution in [2.24, 2.45) is 0 Å². The second-order valence-corrected chi connectivity index (χ2v) is 5.13. The highest BCUT2D eigenvalue weighted by Crippen LogP contribution is 2.10. The molecule has 0 radical (unpaired) electrons. The van der Waals surface area contributed by atoms with E-state index in [4.69, 9.17) is 4.74 Å². The van der Waals surface area contributed by atoms with Crippen LogP contribution in [0.4, 0.5) is 0 Å². The van der Waals surface area contributed by atoms with E-state index in [1.165, 1.54) is 0 Å². The van der Waals surface area contributed by atoms with Crippen LogP contribution in [0, 0.1) is 0 Å². The highest BCUT2D eigenvalue weighted by atomic mass is 16.5. The molecule has 2 amide bonds. The van der Waals surface area contributed by atoms with Gasteiger partial charge in [-0.3, -0.25) is 9.59 Å². The maximum atomic E-state index is 12.2. The van der Waals surface area contributed by atoms with Gasteiger partial charge in [0.15, 0.2) is 0 Å². The molecule has 0 unspecified atom stereocenters. The molecule has 1 aliphatic rings. The fraction of sp³-hybridized carbons (Fsp3) is 0.467. The monoisotopic (exact) mass is 276 g/mol. The Bertz CT molecular complexity index is 482. The topological polar surface area (TPSA) is 58.6 Å². The zero-order chi connectivity index (χ0) is 14.5. The molecular weight excluding hydrogens is 256 g/mol. The van der Waals surface area contributed by atoms with Gasteiger partial charge in [0, 0.05) is 18.7 Å². The first-order valence-corrected chi connectivity index (χ1v) is 6.83. The largest absolute Gasteiger partial charge is 0.374 e. The number of hydrogen-bond acceptors (Lipinski definition) is 3. The number of carbonyl (C=O) groups excluding carboxylic acids is 2. The predicted molar refractivity (Wildman–Crippen MR) is 75.3 cm³/mol. The molecule has 1 N–H and O–H groups in total. The number of piperazine rings is 1. The van der Waals surface area contributed by atoms with Crippen molar-refractivity contribution in [2.45, 2.75) is 26.6 Å². The summed E-state index contributed by atoms with van der Waals surface area (Å²) in [6, 6.07) is 7.35. The molecule has 0 aromatic heterocycles. The third kappa shape index (κ3) is 3.81. The third-order valence-corrected chi connectivity index (χ3v) is 3.11. The van der Waals surface area contributed by atoms with E-state index in [2.05, 4.69) is 5.32 Å². The molecule has 5 heteroatoms. The molecule has 1 fully saturated rings. The van der Waals surface area contributed by atoms with Crippen LogP contribution in [-0.4, -0.2) is 42.5 Å². The van der Waals surface area contributed by atoms with Gasteiger partial charge in [-0.1, -0.05) is 12.1 Å². The van der Waals surface area contributed by atoms with E-state index in [-0.39, 0.29) is 24.5 Å². The van der Waals surface area contributed by atoms with Crippen molar-refractivity contribution in [2.75, 3.05) is 19.6 Å². The molecule has 0 bridgehead atoms. The number of hydrogen-bond donors (Lipinski definition) is 1. The third-order valence-electron chi connectivity index (χ3n) is 3.11. The number of ether oxygens (including phenoxy) is 1. The van der Waals surface area contributed by atoms with E-state index in [0.29, 0.717) is 25.3 Å². The van der Waals surface area contributed by atoms with Gasteiger partial charge in [0.2, 0.25) is 5.91 Å². The number of nitrogens with zero attached hydrogens (tertiary/aromatic N) is 1. The molecule has 20 heavy (non-hydrogen) atoms. The number of benzene rings is 1. The Labute approximate surface area is 118 Å². The first kappa shape index (κ1) is 14.5. The highest BCUT2D eigenvalue weighted by Gasteiger charge is 2.21. The minimum absolute atomic E-state index is 0.101. The van der Waals surface area contributed by atoms with E-state index >= 15 is 0 Å². The summed E-state index contributed by atoms with van der Waals surface area (Å²) in [6.45, 7) is 5.72. The van der Waals surface area contributed by atoms with Crippen LogP contribution in [-0.2, 0) is 16.1 Å². The van der Waals surface area contributed by atoms with Crippen LogP contribution in [0.2, 0.25) is 0 Å². The molecule has 5 nitrogen and oxygen atoms in total. The van der Waals surface area contributed by atoms with E-state index in [9.17, 15) is 9.59 Å². The predicted octanol–water partition coefficient (Wildman–Crippen LogP) is 1.18. The summed E-state index contributed by atoms with van der Waals surface area (Å²) in [6.07, 6.45) is 0.183. The molecule has 1 aliphatic heterocycles. The summed E-state index contributed by atoms with van der Waals surface area (Å²) in [7, 11) is 0. The Morgan fingerprint density at radius 2 is 2.05 bits per heavy atom. The van der Waals surface area contributed by atoms with E-state index in [1.54, 1.807) is 17.0 Å². The van der Waals surface area contributed by atoms with Crippen LogP contribution < -0.4 is 5.32 Å². The maximum absolute atomic E-state index is 12.2. The van der Waals surface area contributed by atoms with E-state index < -0.39 is 0 Å². The average molecular weight is 276 g/mol. The van der Waals surface area contributed by atoms with E-state index in [0.717, 1.165) is 5.56 Å². The van der Waals surface area contributed by atoms with Crippen LogP contribution in [0.15, 0.2) is 24.3 Å². The van der Waals surface area contributed by atoms with Crippen molar-refractivity contribution < 1.29 is 14.3 Å². The summed E-state index contributed by atoms with van der Waals surface area (Å²) >= 11 is 0. The summed E-state index contributed by atoms with van der Waals surface area (Å²) in [5.74, 6) is -0.206. The van der Waals surface area contributed by atoms with Gasteiger partial charge < -0.3 is 15.0 Å². The van der Waals surface area contributed by atoms with Crippen molar-refractivity contribution in [1.29, 1.82) is 0 Å². The van der Waals surface area contributed by atoms with Crippen LogP contribution in [0.3, 0.4) is 0 Å². The Hall–Kier alpha value is -1.88. The minimum atomic E-state index is -0.105. The lowest BCUT2D eigenvalue weighted by Gasteiger charge is -2.26. The number of rotatable bonds is 4. The zero-order valence-electron chi connectivity index (χ0n) is 11.9. The van der Waals surface area contributed by atoms with Crippen LogP contribution in [0.25, 0.3) is 0 Å². The normalized spacial score (nSPS) is 15.3. The second-order valence-electron chi connectivity index (χ2n) is 5.13. The van der Waals surface area contributed by atoms with Crippen molar-refractivity contribution in [1.82, 2.24) is 10.2 Å². The molecule has 2 rings (SSSR count). The number of amides is 2. The molecule has 1 aromatic carbocycles. The quantitative estimate of drug-likeness (QED) is 0.898. The molecule has 0 atom stereocenters. The Balaban J connectivity index is 1.98. The van der Waals surface area contributed by atoms with Crippen LogP contribution in [0.5, 0.6) is 0 Å². The minimum Gasteiger partial charge on any atom is -0.374 e. The molecule has 0 aliphatic carbocycles. The van der Waals surface area contributed by atoms with Gasteiger partial charge >= 0.3 is 0 Å². The first-order valence-electron chi connectivity index (χ1n) is 6.83. The van der Waals surface area contributed by atoms with Crippen molar-refractivity contribution >= 4 is 11.8 Å². The summed E-state index contributed by atoms with van der Waals surface area (Å²) in [5, 5.41) is 2.71. The van der Waals surface area contributed by atoms with Gasteiger partial charge in [-0.15, -0.1) is 0 Å². The van der Waals surface area contributed by atoms with Crippen molar-refractivity contribution in [3.8, 4) is 0 Å². The smallest absolute Gasteiger partial charge is 0.254 e. The fourth-order valence-corrected chi connectivity index (χ4v) is 2.00. The van der Waals surface area contributed by atoms with Gasteiger partial charge in [-0.05, 0) is 31.5 Å². The number of nitrogens with one attached hydrogen (secondary N) is 1. The van der Waals surface area contributed by atoms with E-state index in [1.807, 2.05) is 26.0 Å². The van der Waals surface area contributed by atoms with Crippen LogP contribution >= 0.6 is 0 Å². The Morgan fingerprint density at radius 3 is 2.65 bits per heavy atom. The Morgan fingerprint density at radius 1 is 1.35 bits per heavy atom. The lowest BCUT2D eigenvalue weighted by atomic mass is 10.1. The molecule has 0 saturated carbocycles. The van der Waals surface area contributed by atoms with Crippen LogP contribution in [0.1, 0.15) is 29.8 Å². The van der Waals surface area contributed by atoms with Crippen molar-refractivity contribution in [3.05, 3.63) is 35.4 Å². The molecular formula is C15H20N2O3. The van der Waals surface area contributed by atoms with Gasteiger partial charge in [0.25, 0.3) is 5.91 Å². The number of carbonyl (C=O) groups is 2.